The number of rotatable bonds is 3. The Morgan fingerprint density at radius 3 is 2.88 bits per heavy atom. The van der Waals surface area contributed by atoms with Gasteiger partial charge in [0.05, 0.1) is 17.3 Å². The second-order valence-electron chi connectivity index (χ2n) is 5.99. The highest BCUT2D eigenvalue weighted by molar-refractivity contribution is 9.10. The van der Waals surface area contributed by atoms with Crippen molar-refractivity contribution in [2.24, 2.45) is 0 Å². The van der Waals surface area contributed by atoms with Gasteiger partial charge in [-0.25, -0.2) is 4.68 Å². The van der Waals surface area contributed by atoms with Gasteiger partial charge >= 0.3 is 0 Å². The molecule has 2 amide bonds. The van der Waals surface area contributed by atoms with E-state index in [1.807, 2.05) is 48.7 Å². The zero-order chi connectivity index (χ0) is 18.1. The van der Waals surface area contributed by atoms with Gasteiger partial charge in [-0.1, -0.05) is 34.1 Å². The maximum Gasteiger partial charge on any atom is 0.232 e. The molecular formula is C19H15BrN4O2. The Morgan fingerprint density at radius 1 is 1.23 bits per heavy atom. The normalized spacial score (nSPS) is 15.9. The van der Waals surface area contributed by atoms with Crippen LogP contribution >= 0.6 is 15.9 Å². The van der Waals surface area contributed by atoms with Gasteiger partial charge in [0.1, 0.15) is 0 Å². The Bertz CT molecular complexity index is 985. The molecule has 0 bridgehead atoms. The van der Waals surface area contributed by atoms with Crippen LogP contribution in [0, 0.1) is 0 Å². The van der Waals surface area contributed by atoms with Gasteiger partial charge in [-0.3, -0.25) is 9.59 Å². The number of anilines is 2. The number of halogens is 1. The van der Waals surface area contributed by atoms with E-state index in [-0.39, 0.29) is 18.2 Å². The highest BCUT2D eigenvalue weighted by Crippen LogP contribution is 2.34. The van der Waals surface area contributed by atoms with E-state index in [4.69, 9.17) is 0 Å². The molecule has 7 heteroatoms. The summed E-state index contributed by atoms with van der Waals surface area (Å²) in [7, 11) is 0. The number of fused-ring (bicyclic) bond motifs is 1. The molecule has 2 heterocycles. The minimum absolute atomic E-state index is 0.119. The molecule has 2 aromatic carbocycles. The first-order chi connectivity index (χ1) is 12.6. The van der Waals surface area contributed by atoms with Gasteiger partial charge in [0.25, 0.3) is 0 Å². The number of benzene rings is 2. The van der Waals surface area contributed by atoms with Crippen molar-refractivity contribution >= 4 is 39.1 Å². The summed E-state index contributed by atoms with van der Waals surface area (Å²) in [6.07, 6.45) is 3.60. The van der Waals surface area contributed by atoms with Crippen molar-refractivity contribution in [3.8, 4) is 5.69 Å². The third-order valence-electron chi connectivity index (χ3n) is 4.28. The average molecular weight is 411 g/mol. The molecule has 1 aromatic heterocycles. The number of nitrogens with one attached hydrogen (secondary N) is 2. The number of hydrogen-bond acceptors (Lipinski definition) is 3. The van der Waals surface area contributed by atoms with Crippen LogP contribution in [0.25, 0.3) is 5.69 Å². The van der Waals surface area contributed by atoms with Crippen LogP contribution in [0.1, 0.15) is 17.9 Å². The van der Waals surface area contributed by atoms with Gasteiger partial charge in [-0.15, -0.1) is 0 Å². The summed E-state index contributed by atoms with van der Waals surface area (Å²) < 4.78 is 2.52. The Kier molecular flexibility index (Phi) is 4.30. The number of aromatic nitrogens is 2. The lowest BCUT2D eigenvalue weighted by molar-refractivity contribution is -0.123. The molecule has 4 rings (SSSR count). The number of carbonyl (C=O) groups excluding carboxylic acids is 2. The third kappa shape index (κ3) is 3.13. The molecule has 1 aliphatic rings. The minimum Gasteiger partial charge on any atom is -0.326 e. The monoisotopic (exact) mass is 410 g/mol. The van der Waals surface area contributed by atoms with Crippen molar-refractivity contribution in [1.82, 2.24) is 9.78 Å². The second kappa shape index (κ2) is 6.76. The summed E-state index contributed by atoms with van der Waals surface area (Å²) in [5, 5.41) is 10.0. The number of nitrogens with zero attached hydrogens (tertiary/aromatic N) is 2. The molecule has 0 saturated carbocycles. The van der Waals surface area contributed by atoms with Crippen LogP contribution in [0.3, 0.4) is 0 Å². The fourth-order valence-corrected chi connectivity index (χ4v) is 3.45. The maximum atomic E-state index is 13.0. The molecule has 0 spiro atoms. The van der Waals surface area contributed by atoms with E-state index in [9.17, 15) is 9.59 Å². The van der Waals surface area contributed by atoms with Gasteiger partial charge < -0.3 is 10.6 Å². The van der Waals surface area contributed by atoms with Crippen molar-refractivity contribution in [3.63, 3.8) is 0 Å². The number of para-hydroxylation sites is 1. The van der Waals surface area contributed by atoms with E-state index < -0.39 is 5.92 Å². The zero-order valence-corrected chi connectivity index (χ0v) is 15.2. The van der Waals surface area contributed by atoms with Crippen LogP contribution in [-0.4, -0.2) is 21.6 Å². The van der Waals surface area contributed by atoms with Crippen LogP contribution in [0.2, 0.25) is 0 Å². The Morgan fingerprint density at radius 2 is 2.08 bits per heavy atom. The molecule has 130 valence electrons. The number of carbonyl (C=O) groups is 2. The molecule has 2 N–H and O–H groups in total. The van der Waals surface area contributed by atoms with Crippen LogP contribution in [0.4, 0.5) is 11.4 Å². The van der Waals surface area contributed by atoms with Crippen LogP contribution < -0.4 is 10.6 Å². The Balaban J connectivity index is 1.68. The van der Waals surface area contributed by atoms with E-state index in [0.29, 0.717) is 11.4 Å². The SMILES string of the molecule is O=C1CC(C(=O)Nc2cc(Br)ccc2-n2cccn2)c2ccccc2N1. The fourth-order valence-electron chi connectivity index (χ4n) is 3.08. The van der Waals surface area contributed by atoms with Crippen molar-refractivity contribution in [1.29, 1.82) is 0 Å². The summed E-state index contributed by atoms with van der Waals surface area (Å²) in [6, 6.07) is 14.8. The van der Waals surface area contributed by atoms with E-state index in [1.54, 1.807) is 16.9 Å². The predicted molar refractivity (Wildman–Crippen MR) is 102 cm³/mol. The number of hydrogen-bond donors (Lipinski definition) is 2. The minimum atomic E-state index is -0.538. The topological polar surface area (TPSA) is 76.0 Å². The van der Waals surface area contributed by atoms with E-state index >= 15 is 0 Å². The molecule has 1 atom stereocenters. The van der Waals surface area contributed by atoms with Gasteiger partial charge in [-0.05, 0) is 35.9 Å². The highest BCUT2D eigenvalue weighted by atomic mass is 79.9. The first kappa shape index (κ1) is 16.5. The van der Waals surface area contributed by atoms with Gasteiger partial charge in [-0.2, -0.15) is 5.10 Å². The quantitative estimate of drug-likeness (QED) is 0.690. The molecule has 26 heavy (non-hydrogen) atoms. The second-order valence-corrected chi connectivity index (χ2v) is 6.91. The standard InChI is InChI=1S/C19H15BrN4O2/c20-12-6-7-17(24-9-3-8-21-24)16(10-12)23-19(26)14-11-18(25)22-15-5-2-1-4-13(14)15/h1-10,14H,11H2,(H,22,25)(H,23,26). The van der Waals surface area contributed by atoms with Crippen molar-refractivity contribution in [2.75, 3.05) is 10.6 Å². The summed E-state index contributed by atoms with van der Waals surface area (Å²) >= 11 is 3.44. The highest BCUT2D eigenvalue weighted by Gasteiger charge is 2.30. The molecule has 6 nitrogen and oxygen atoms in total. The fraction of sp³-hybridized carbons (Fsp3) is 0.105. The number of amides is 2. The molecule has 0 saturated heterocycles. The van der Waals surface area contributed by atoms with Crippen LogP contribution in [0.5, 0.6) is 0 Å². The largest absolute Gasteiger partial charge is 0.326 e. The van der Waals surface area contributed by atoms with Crippen molar-refractivity contribution in [2.45, 2.75) is 12.3 Å². The van der Waals surface area contributed by atoms with Gasteiger partial charge in [0, 0.05) is 29.0 Å². The molecule has 1 unspecified atom stereocenters. The smallest absolute Gasteiger partial charge is 0.232 e. The van der Waals surface area contributed by atoms with Gasteiger partial charge in [0.15, 0.2) is 0 Å². The predicted octanol–water partition coefficient (Wildman–Crippen LogP) is 3.70. The van der Waals surface area contributed by atoms with E-state index in [0.717, 1.165) is 15.7 Å². The molecular weight excluding hydrogens is 396 g/mol. The summed E-state index contributed by atoms with van der Waals surface area (Å²) in [6.45, 7) is 0. The first-order valence-electron chi connectivity index (χ1n) is 8.11. The Labute approximate surface area is 158 Å². The molecule has 1 aliphatic heterocycles. The average Bonchev–Trinajstić information content (AvgIpc) is 3.15. The molecule has 3 aromatic rings. The van der Waals surface area contributed by atoms with Crippen LogP contribution in [-0.2, 0) is 9.59 Å². The maximum absolute atomic E-state index is 13.0. The Hall–Kier alpha value is -2.93. The summed E-state index contributed by atoms with van der Waals surface area (Å²) in [5.41, 5.74) is 2.88. The van der Waals surface area contributed by atoms with E-state index in [1.165, 1.54) is 0 Å². The lowest BCUT2D eigenvalue weighted by Crippen LogP contribution is -2.31. The van der Waals surface area contributed by atoms with E-state index in [2.05, 4.69) is 31.7 Å². The van der Waals surface area contributed by atoms with Crippen molar-refractivity contribution in [3.05, 3.63) is 71.0 Å². The molecule has 0 aliphatic carbocycles. The van der Waals surface area contributed by atoms with Crippen molar-refractivity contribution < 1.29 is 9.59 Å². The van der Waals surface area contributed by atoms with Crippen LogP contribution in [0.15, 0.2) is 65.4 Å². The van der Waals surface area contributed by atoms with Gasteiger partial charge in [0.2, 0.25) is 11.8 Å². The third-order valence-corrected chi connectivity index (χ3v) is 4.78. The lowest BCUT2D eigenvalue weighted by Gasteiger charge is -2.25. The lowest BCUT2D eigenvalue weighted by atomic mass is 9.89. The zero-order valence-electron chi connectivity index (χ0n) is 13.6. The molecule has 0 fully saturated rings. The summed E-state index contributed by atoms with van der Waals surface area (Å²) in [4.78, 5) is 25.0. The molecule has 0 radical (unpaired) electrons. The summed E-state index contributed by atoms with van der Waals surface area (Å²) in [5.74, 6) is -0.923. The first-order valence-corrected chi connectivity index (χ1v) is 8.90.